The molecule has 72 valence electrons. The lowest BCUT2D eigenvalue weighted by Gasteiger charge is -2.10. The van der Waals surface area contributed by atoms with Gasteiger partial charge in [-0.3, -0.25) is 10.1 Å². The van der Waals surface area contributed by atoms with E-state index in [1.165, 1.54) is 12.1 Å². The number of rotatable bonds is 2. The van der Waals surface area contributed by atoms with Crippen LogP contribution in [-0.2, 0) is 0 Å². The highest BCUT2D eigenvalue weighted by atomic mass is 31.0. The molecule has 4 nitrogen and oxygen atoms in total. The van der Waals surface area contributed by atoms with Gasteiger partial charge in [-0.15, -0.1) is 0 Å². The quantitative estimate of drug-likeness (QED) is 0.415. The molecule has 0 heterocycles. The molecule has 1 atom stereocenters. The normalized spacial score (nSPS) is 8.77. The number of nitro benzene ring substituents is 1. The molecule has 1 unspecified atom stereocenters. The van der Waals surface area contributed by atoms with Gasteiger partial charge in [0.1, 0.15) is 0 Å². The Bertz CT molecular complexity index is 285. The van der Waals surface area contributed by atoms with Crippen LogP contribution in [0.4, 0.5) is 11.4 Å². The molecule has 0 aromatic heterocycles. The van der Waals surface area contributed by atoms with Crippen LogP contribution in [0.3, 0.4) is 0 Å². The van der Waals surface area contributed by atoms with E-state index in [9.17, 15) is 10.1 Å². The van der Waals surface area contributed by atoms with E-state index in [-0.39, 0.29) is 15.6 Å². The van der Waals surface area contributed by atoms with Crippen molar-refractivity contribution in [3.63, 3.8) is 0 Å². The van der Waals surface area contributed by atoms with E-state index in [0.29, 0.717) is 0 Å². The molecule has 0 aliphatic carbocycles. The summed E-state index contributed by atoms with van der Waals surface area (Å²) >= 11 is 0. The van der Waals surface area contributed by atoms with Crippen LogP contribution in [0.15, 0.2) is 24.3 Å². The lowest BCUT2D eigenvalue weighted by molar-refractivity contribution is -0.384. The van der Waals surface area contributed by atoms with Crippen molar-refractivity contribution in [1.82, 2.24) is 0 Å². The topological polar surface area (TPSA) is 46.4 Å². The molecule has 0 bridgehead atoms. The molecule has 5 heteroatoms. The number of non-ortho nitro benzene ring substituents is 1. The van der Waals surface area contributed by atoms with E-state index in [1.54, 1.807) is 12.1 Å². The van der Waals surface area contributed by atoms with Crippen LogP contribution < -0.4 is 4.90 Å². The Morgan fingerprint density at radius 3 is 2.00 bits per heavy atom. The Hall–Kier alpha value is -1.15. The average molecular weight is 200 g/mol. The summed E-state index contributed by atoms with van der Waals surface area (Å²) in [6.07, 6.45) is 0. The zero-order chi connectivity index (χ0) is 9.14. The lowest BCUT2D eigenvalue weighted by atomic mass is 10.3. The highest BCUT2D eigenvalue weighted by molar-refractivity contribution is 6.92. The number of hydrogen-bond donors (Lipinski definition) is 0. The fraction of sp³-hybridized carbons (Fsp3) is 0.250. The van der Waals surface area contributed by atoms with Gasteiger partial charge >= 0.3 is 0 Å². The molecule has 0 N–H and O–H groups in total. The Labute approximate surface area is 80.3 Å². The summed E-state index contributed by atoms with van der Waals surface area (Å²) in [4.78, 5) is 11.8. The molecule has 1 aromatic carbocycles. The van der Waals surface area contributed by atoms with Crippen LogP contribution in [-0.4, -0.2) is 19.0 Å². The zero-order valence-electron chi connectivity index (χ0n) is 7.73. The highest BCUT2D eigenvalue weighted by Gasteiger charge is 2.03. The standard InChI is InChI=1S/C8H10N2O2.H3P/c1-9(2)7-3-5-8(6-4-7)10(11)12;/h3-6H,1-2H3;1H3. The number of benzene rings is 1. The van der Waals surface area contributed by atoms with Gasteiger partial charge in [-0.1, -0.05) is 0 Å². The maximum atomic E-state index is 10.3. The molecule has 13 heavy (non-hydrogen) atoms. The van der Waals surface area contributed by atoms with Crippen LogP contribution in [0.1, 0.15) is 0 Å². The minimum absolute atomic E-state index is 0. The van der Waals surface area contributed by atoms with Crippen LogP contribution in [0.25, 0.3) is 0 Å². The Morgan fingerprint density at radius 1 is 1.23 bits per heavy atom. The number of nitrogens with zero attached hydrogens (tertiary/aromatic N) is 2. The van der Waals surface area contributed by atoms with Crippen molar-refractivity contribution >= 4 is 21.3 Å². The van der Waals surface area contributed by atoms with Crippen molar-refractivity contribution in [3.8, 4) is 0 Å². The molecule has 0 radical (unpaired) electrons. The largest absolute Gasteiger partial charge is 0.378 e. The summed E-state index contributed by atoms with van der Waals surface area (Å²) in [6.45, 7) is 0. The molecule has 1 aromatic rings. The van der Waals surface area contributed by atoms with Crippen molar-refractivity contribution in [2.24, 2.45) is 0 Å². The van der Waals surface area contributed by atoms with E-state index in [0.717, 1.165) is 5.69 Å². The second kappa shape index (κ2) is 4.77. The van der Waals surface area contributed by atoms with Crippen LogP contribution in [0.5, 0.6) is 0 Å². The molecular formula is C8H13N2O2P. The third-order valence-electron chi connectivity index (χ3n) is 1.58. The maximum absolute atomic E-state index is 10.3. The maximum Gasteiger partial charge on any atom is 0.269 e. The van der Waals surface area contributed by atoms with E-state index in [4.69, 9.17) is 0 Å². The van der Waals surface area contributed by atoms with Crippen LogP contribution >= 0.6 is 9.90 Å². The predicted octanol–water partition coefficient (Wildman–Crippen LogP) is 1.72. The third-order valence-corrected chi connectivity index (χ3v) is 1.58. The molecule has 0 spiro atoms. The monoisotopic (exact) mass is 200 g/mol. The number of hydrogen-bond acceptors (Lipinski definition) is 3. The van der Waals surface area contributed by atoms with Crippen molar-refractivity contribution in [1.29, 1.82) is 0 Å². The van der Waals surface area contributed by atoms with Crippen molar-refractivity contribution in [2.45, 2.75) is 0 Å². The SMILES string of the molecule is CN(C)c1ccc([N+](=O)[O-])cc1.P. The molecule has 0 saturated carbocycles. The Morgan fingerprint density at radius 2 is 1.69 bits per heavy atom. The van der Waals surface area contributed by atoms with E-state index < -0.39 is 4.92 Å². The number of nitro groups is 1. The molecule has 0 amide bonds. The summed E-state index contributed by atoms with van der Waals surface area (Å²) in [5.41, 5.74) is 1.08. The first-order valence-corrected chi connectivity index (χ1v) is 3.53. The summed E-state index contributed by atoms with van der Waals surface area (Å²) < 4.78 is 0. The van der Waals surface area contributed by atoms with Gasteiger partial charge in [-0.2, -0.15) is 9.90 Å². The van der Waals surface area contributed by atoms with Gasteiger partial charge in [-0.05, 0) is 12.1 Å². The van der Waals surface area contributed by atoms with Crippen molar-refractivity contribution in [3.05, 3.63) is 34.4 Å². The Balaban J connectivity index is 0.00000144. The molecule has 0 fully saturated rings. The molecule has 1 rings (SSSR count). The first-order valence-electron chi connectivity index (χ1n) is 3.53. The van der Waals surface area contributed by atoms with Gasteiger partial charge in [0.2, 0.25) is 0 Å². The second-order valence-electron chi connectivity index (χ2n) is 2.67. The van der Waals surface area contributed by atoms with Gasteiger partial charge in [-0.25, -0.2) is 0 Å². The zero-order valence-corrected chi connectivity index (χ0v) is 9.14. The smallest absolute Gasteiger partial charge is 0.269 e. The molecular weight excluding hydrogens is 187 g/mol. The van der Waals surface area contributed by atoms with E-state index in [1.807, 2.05) is 19.0 Å². The fourth-order valence-corrected chi connectivity index (χ4v) is 0.872. The first-order chi connectivity index (χ1) is 5.61. The van der Waals surface area contributed by atoms with Gasteiger partial charge < -0.3 is 4.90 Å². The van der Waals surface area contributed by atoms with E-state index in [2.05, 4.69) is 0 Å². The van der Waals surface area contributed by atoms with E-state index >= 15 is 0 Å². The second-order valence-corrected chi connectivity index (χ2v) is 2.67. The van der Waals surface area contributed by atoms with Gasteiger partial charge in [0.05, 0.1) is 4.92 Å². The van der Waals surface area contributed by atoms with Crippen LogP contribution in [0.2, 0.25) is 0 Å². The summed E-state index contributed by atoms with van der Waals surface area (Å²) in [7, 11) is 3.78. The minimum Gasteiger partial charge on any atom is -0.378 e. The van der Waals surface area contributed by atoms with Gasteiger partial charge in [0.25, 0.3) is 5.69 Å². The molecule has 0 aliphatic rings. The Kier molecular flexibility index (Phi) is 4.35. The minimum atomic E-state index is -0.403. The molecule has 0 aliphatic heterocycles. The van der Waals surface area contributed by atoms with Crippen molar-refractivity contribution < 1.29 is 4.92 Å². The first kappa shape index (κ1) is 11.8. The highest BCUT2D eigenvalue weighted by Crippen LogP contribution is 2.16. The summed E-state index contributed by atoms with van der Waals surface area (Å²) in [5.74, 6) is 0. The van der Waals surface area contributed by atoms with Gasteiger partial charge in [0.15, 0.2) is 0 Å². The molecule has 0 saturated heterocycles. The predicted molar refractivity (Wildman–Crippen MR) is 58.5 cm³/mol. The summed E-state index contributed by atoms with van der Waals surface area (Å²) in [5, 5.41) is 10.3. The average Bonchev–Trinajstić information content (AvgIpc) is 2.04. The van der Waals surface area contributed by atoms with Crippen LogP contribution in [0, 0.1) is 10.1 Å². The fourth-order valence-electron chi connectivity index (χ4n) is 0.872. The van der Waals surface area contributed by atoms with Gasteiger partial charge in [0, 0.05) is 31.9 Å². The summed E-state index contributed by atoms with van der Waals surface area (Å²) in [6, 6.07) is 6.43. The third kappa shape index (κ3) is 2.99. The lowest BCUT2D eigenvalue weighted by Crippen LogP contribution is -2.08. The number of anilines is 1. The van der Waals surface area contributed by atoms with Crippen molar-refractivity contribution in [2.75, 3.05) is 19.0 Å².